The number of anilines is 1. The summed E-state index contributed by atoms with van der Waals surface area (Å²) in [7, 11) is 0. The summed E-state index contributed by atoms with van der Waals surface area (Å²) in [5.41, 5.74) is 0.755. The molecule has 2 unspecified atom stereocenters. The lowest BCUT2D eigenvalue weighted by molar-refractivity contribution is -0.120. The second-order valence-corrected chi connectivity index (χ2v) is 7.88. The molecule has 3 rings (SSSR count). The SMILES string of the molecule is CCSC1CCCCN(C(C)C(=O)Nc2ccc3c(c2)OCO3)C1. The van der Waals surface area contributed by atoms with Crippen LogP contribution in [0.3, 0.4) is 0 Å². The summed E-state index contributed by atoms with van der Waals surface area (Å²) in [6.07, 6.45) is 3.68. The average molecular weight is 350 g/mol. The van der Waals surface area contributed by atoms with Crippen molar-refractivity contribution in [3.63, 3.8) is 0 Å². The highest BCUT2D eigenvalue weighted by Crippen LogP contribution is 2.34. The molecule has 1 saturated heterocycles. The highest BCUT2D eigenvalue weighted by molar-refractivity contribution is 7.99. The van der Waals surface area contributed by atoms with Gasteiger partial charge in [0, 0.05) is 23.5 Å². The minimum atomic E-state index is -0.131. The van der Waals surface area contributed by atoms with Gasteiger partial charge in [-0.05, 0) is 44.2 Å². The Morgan fingerprint density at radius 3 is 3.04 bits per heavy atom. The van der Waals surface area contributed by atoms with E-state index in [4.69, 9.17) is 9.47 Å². The predicted molar refractivity (Wildman–Crippen MR) is 98.0 cm³/mol. The third kappa shape index (κ3) is 4.16. The summed E-state index contributed by atoms with van der Waals surface area (Å²) < 4.78 is 10.7. The molecule has 2 heterocycles. The number of benzene rings is 1. The standard InChI is InChI=1S/C18H26N2O3S/c1-3-24-15-6-4-5-9-20(11-15)13(2)18(21)19-14-7-8-16-17(10-14)23-12-22-16/h7-8,10,13,15H,3-6,9,11-12H2,1-2H3,(H,19,21). The van der Waals surface area contributed by atoms with Gasteiger partial charge in [0.1, 0.15) is 0 Å². The molecule has 0 radical (unpaired) electrons. The van der Waals surface area contributed by atoms with E-state index in [2.05, 4.69) is 17.1 Å². The molecule has 1 aromatic carbocycles. The lowest BCUT2D eigenvalue weighted by atomic mass is 10.2. The highest BCUT2D eigenvalue weighted by atomic mass is 32.2. The monoisotopic (exact) mass is 350 g/mol. The van der Waals surface area contributed by atoms with E-state index in [-0.39, 0.29) is 18.7 Å². The fraction of sp³-hybridized carbons (Fsp3) is 0.611. The van der Waals surface area contributed by atoms with Crippen LogP contribution in [-0.2, 0) is 4.79 Å². The van der Waals surface area contributed by atoms with E-state index in [0.717, 1.165) is 30.3 Å². The average Bonchev–Trinajstić information content (AvgIpc) is 2.92. The van der Waals surface area contributed by atoms with E-state index < -0.39 is 0 Å². The van der Waals surface area contributed by atoms with Crippen molar-refractivity contribution >= 4 is 23.4 Å². The number of amides is 1. The van der Waals surface area contributed by atoms with Crippen molar-refractivity contribution in [3.05, 3.63) is 18.2 Å². The van der Waals surface area contributed by atoms with Crippen LogP contribution in [0, 0.1) is 0 Å². The third-order valence-electron chi connectivity index (χ3n) is 4.63. The molecule has 5 nitrogen and oxygen atoms in total. The number of hydrogen-bond donors (Lipinski definition) is 1. The Kier molecular flexibility index (Phi) is 5.89. The summed E-state index contributed by atoms with van der Waals surface area (Å²) in [6.45, 7) is 6.44. The molecular weight excluding hydrogens is 324 g/mol. The number of nitrogens with zero attached hydrogens (tertiary/aromatic N) is 1. The van der Waals surface area contributed by atoms with Crippen molar-refractivity contribution in [3.8, 4) is 11.5 Å². The fourth-order valence-corrected chi connectivity index (χ4v) is 4.34. The first-order valence-electron chi connectivity index (χ1n) is 8.73. The maximum absolute atomic E-state index is 12.7. The summed E-state index contributed by atoms with van der Waals surface area (Å²) in [5, 5.41) is 3.65. The second-order valence-electron chi connectivity index (χ2n) is 6.30. The van der Waals surface area contributed by atoms with Gasteiger partial charge in [-0.25, -0.2) is 0 Å². The Labute approximate surface area is 148 Å². The van der Waals surface area contributed by atoms with Crippen molar-refractivity contribution in [2.75, 3.05) is 31.0 Å². The van der Waals surface area contributed by atoms with Crippen LogP contribution in [0.1, 0.15) is 33.1 Å². The van der Waals surface area contributed by atoms with Gasteiger partial charge in [-0.3, -0.25) is 9.69 Å². The van der Waals surface area contributed by atoms with Gasteiger partial charge in [-0.15, -0.1) is 0 Å². The zero-order valence-electron chi connectivity index (χ0n) is 14.4. The Balaban J connectivity index is 1.61. The number of ether oxygens (including phenoxy) is 2. The molecule has 2 aliphatic heterocycles. The number of hydrogen-bond acceptors (Lipinski definition) is 5. The molecule has 1 aromatic rings. The zero-order chi connectivity index (χ0) is 16.9. The zero-order valence-corrected chi connectivity index (χ0v) is 15.2. The Morgan fingerprint density at radius 1 is 1.38 bits per heavy atom. The summed E-state index contributed by atoms with van der Waals surface area (Å²) in [5.74, 6) is 2.59. The second kappa shape index (κ2) is 8.12. The van der Waals surface area contributed by atoms with E-state index in [1.807, 2.05) is 36.9 Å². The van der Waals surface area contributed by atoms with E-state index in [0.29, 0.717) is 11.0 Å². The molecule has 6 heteroatoms. The van der Waals surface area contributed by atoms with Crippen LogP contribution in [0.25, 0.3) is 0 Å². The first-order chi connectivity index (χ1) is 11.7. The van der Waals surface area contributed by atoms with Gasteiger partial charge in [0.2, 0.25) is 12.7 Å². The van der Waals surface area contributed by atoms with Crippen molar-refractivity contribution < 1.29 is 14.3 Å². The smallest absolute Gasteiger partial charge is 0.241 e. The van der Waals surface area contributed by atoms with E-state index in [1.54, 1.807) is 0 Å². The summed E-state index contributed by atoms with van der Waals surface area (Å²) >= 11 is 2.01. The lowest BCUT2D eigenvalue weighted by Gasteiger charge is -2.29. The van der Waals surface area contributed by atoms with E-state index in [9.17, 15) is 4.79 Å². The molecule has 0 aromatic heterocycles. The van der Waals surface area contributed by atoms with Crippen molar-refractivity contribution in [1.29, 1.82) is 0 Å². The van der Waals surface area contributed by atoms with Crippen LogP contribution in [0.2, 0.25) is 0 Å². The molecule has 1 N–H and O–H groups in total. The number of likely N-dealkylation sites (tertiary alicyclic amines) is 1. The first kappa shape index (κ1) is 17.4. The van der Waals surface area contributed by atoms with Gasteiger partial charge >= 0.3 is 0 Å². The van der Waals surface area contributed by atoms with Crippen LogP contribution < -0.4 is 14.8 Å². The molecule has 0 bridgehead atoms. The minimum Gasteiger partial charge on any atom is -0.454 e. The molecule has 24 heavy (non-hydrogen) atoms. The number of carbonyl (C=O) groups is 1. The summed E-state index contributed by atoms with van der Waals surface area (Å²) in [4.78, 5) is 15.0. The third-order valence-corrected chi connectivity index (χ3v) is 5.82. The molecule has 1 amide bonds. The Morgan fingerprint density at radius 2 is 2.21 bits per heavy atom. The van der Waals surface area contributed by atoms with Gasteiger partial charge in [0.15, 0.2) is 11.5 Å². The van der Waals surface area contributed by atoms with Crippen LogP contribution in [0.4, 0.5) is 5.69 Å². The van der Waals surface area contributed by atoms with E-state index in [1.165, 1.54) is 19.3 Å². The van der Waals surface area contributed by atoms with Crippen molar-refractivity contribution in [2.24, 2.45) is 0 Å². The normalized spacial score (nSPS) is 22.0. The van der Waals surface area contributed by atoms with Crippen molar-refractivity contribution in [2.45, 2.75) is 44.4 Å². The molecule has 2 aliphatic rings. The molecule has 2 atom stereocenters. The molecule has 0 spiro atoms. The van der Waals surface area contributed by atoms with Gasteiger partial charge in [-0.1, -0.05) is 13.3 Å². The van der Waals surface area contributed by atoms with Gasteiger partial charge in [-0.2, -0.15) is 11.8 Å². The molecule has 1 fully saturated rings. The van der Waals surface area contributed by atoms with E-state index >= 15 is 0 Å². The predicted octanol–water partition coefficient (Wildman–Crippen LogP) is 3.35. The number of carbonyl (C=O) groups excluding carboxylic acids is 1. The van der Waals surface area contributed by atoms with Gasteiger partial charge in [0.05, 0.1) is 6.04 Å². The number of rotatable bonds is 5. The van der Waals surface area contributed by atoms with Gasteiger partial charge in [0.25, 0.3) is 0 Å². The molecular formula is C18H26N2O3S. The number of thioether (sulfide) groups is 1. The van der Waals surface area contributed by atoms with Crippen LogP contribution in [0.15, 0.2) is 18.2 Å². The van der Waals surface area contributed by atoms with Crippen LogP contribution in [-0.4, -0.2) is 47.7 Å². The molecule has 132 valence electrons. The van der Waals surface area contributed by atoms with Crippen LogP contribution in [0.5, 0.6) is 11.5 Å². The lowest BCUT2D eigenvalue weighted by Crippen LogP contribution is -2.44. The first-order valence-corrected chi connectivity index (χ1v) is 9.78. The maximum Gasteiger partial charge on any atom is 0.241 e. The fourth-order valence-electron chi connectivity index (χ4n) is 3.24. The molecule has 0 saturated carbocycles. The highest BCUT2D eigenvalue weighted by Gasteiger charge is 2.26. The topological polar surface area (TPSA) is 50.8 Å². The summed E-state index contributed by atoms with van der Waals surface area (Å²) in [6, 6.07) is 5.39. The van der Waals surface area contributed by atoms with Crippen LogP contribution >= 0.6 is 11.8 Å². The Hall–Kier alpha value is -1.40. The number of nitrogens with one attached hydrogen (secondary N) is 1. The number of fused-ring (bicyclic) bond motifs is 1. The minimum absolute atomic E-state index is 0.0380. The maximum atomic E-state index is 12.7. The molecule has 0 aliphatic carbocycles. The Bertz CT molecular complexity index is 581. The quantitative estimate of drug-likeness (QED) is 0.882. The largest absolute Gasteiger partial charge is 0.454 e. The van der Waals surface area contributed by atoms with Crippen molar-refractivity contribution in [1.82, 2.24) is 4.90 Å². The van der Waals surface area contributed by atoms with Gasteiger partial charge < -0.3 is 14.8 Å².